The third kappa shape index (κ3) is 2.31. The van der Waals surface area contributed by atoms with Crippen molar-refractivity contribution in [1.82, 2.24) is 4.98 Å². The summed E-state index contributed by atoms with van der Waals surface area (Å²) in [6, 6.07) is 4.05. The second kappa shape index (κ2) is 4.21. The van der Waals surface area contributed by atoms with Crippen molar-refractivity contribution >= 4 is 0 Å². The zero-order valence-corrected chi connectivity index (χ0v) is 7.62. The molecule has 2 heteroatoms. The summed E-state index contributed by atoms with van der Waals surface area (Å²) in [5.41, 5.74) is 2.21. The van der Waals surface area contributed by atoms with Crippen LogP contribution in [0.3, 0.4) is 0 Å². The average molecular weight is 165 g/mol. The first kappa shape index (κ1) is 9.20. The number of hydrogen-bond donors (Lipinski definition) is 1. The summed E-state index contributed by atoms with van der Waals surface area (Å²) in [6.07, 6.45) is 2.54. The van der Waals surface area contributed by atoms with E-state index in [4.69, 9.17) is 5.11 Å². The van der Waals surface area contributed by atoms with Crippen molar-refractivity contribution in [1.29, 1.82) is 0 Å². The highest BCUT2D eigenvalue weighted by molar-refractivity contribution is 5.17. The van der Waals surface area contributed by atoms with Crippen LogP contribution < -0.4 is 0 Å². The number of rotatable bonds is 3. The molecule has 0 radical (unpaired) electrons. The molecule has 1 rings (SSSR count). The van der Waals surface area contributed by atoms with Crippen molar-refractivity contribution in [3.05, 3.63) is 29.6 Å². The minimum Gasteiger partial charge on any atom is -0.396 e. The molecule has 2 nitrogen and oxygen atoms in total. The van der Waals surface area contributed by atoms with Crippen LogP contribution >= 0.6 is 0 Å². The van der Waals surface area contributed by atoms with Gasteiger partial charge in [-0.15, -0.1) is 0 Å². The molecule has 0 aliphatic carbocycles. The molecule has 12 heavy (non-hydrogen) atoms. The molecule has 0 bridgehead atoms. The Hall–Kier alpha value is -0.890. The van der Waals surface area contributed by atoms with Gasteiger partial charge in [0.1, 0.15) is 0 Å². The molecule has 1 N–H and O–H groups in total. The first-order chi connectivity index (χ1) is 5.74. The molecule has 1 heterocycles. The zero-order chi connectivity index (χ0) is 8.97. The highest BCUT2D eigenvalue weighted by Crippen LogP contribution is 2.12. The molecule has 0 saturated heterocycles. The van der Waals surface area contributed by atoms with E-state index in [0.29, 0.717) is 12.3 Å². The lowest BCUT2D eigenvalue weighted by molar-refractivity contribution is 0.298. The van der Waals surface area contributed by atoms with Crippen LogP contribution in [-0.2, 0) is 6.42 Å². The number of pyridine rings is 1. The number of aliphatic hydroxyl groups is 1. The minimum absolute atomic E-state index is 0.175. The van der Waals surface area contributed by atoms with Gasteiger partial charge in [0.2, 0.25) is 0 Å². The molecule has 0 saturated carbocycles. The summed E-state index contributed by atoms with van der Waals surface area (Å²) in [6.45, 7) is 4.46. The topological polar surface area (TPSA) is 33.1 Å². The van der Waals surface area contributed by atoms with Gasteiger partial charge < -0.3 is 5.11 Å². The lowest BCUT2D eigenvalue weighted by atomic mass is 10.1. The maximum absolute atomic E-state index is 8.66. The highest BCUT2D eigenvalue weighted by atomic mass is 16.3. The normalized spacial score (nSPS) is 10.7. The third-order valence-electron chi connectivity index (χ3n) is 1.88. The second-order valence-electron chi connectivity index (χ2n) is 3.21. The van der Waals surface area contributed by atoms with Crippen LogP contribution in [0.5, 0.6) is 0 Å². The van der Waals surface area contributed by atoms with E-state index in [1.807, 2.05) is 12.3 Å². The maximum atomic E-state index is 8.66. The van der Waals surface area contributed by atoms with Gasteiger partial charge in [0.05, 0.1) is 0 Å². The van der Waals surface area contributed by atoms with Crippen LogP contribution in [0.15, 0.2) is 18.3 Å². The van der Waals surface area contributed by atoms with Gasteiger partial charge in [0.15, 0.2) is 0 Å². The van der Waals surface area contributed by atoms with Crippen LogP contribution in [0.25, 0.3) is 0 Å². The molecule has 66 valence electrons. The van der Waals surface area contributed by atoms with Crippen molar-refractivity contribution < 1.29 is 5.11 Å². The van der Waals surface area contributed by atoms with E-state index < -0.39 is 0 Å². The summed E-state index contributed by atoms with van der Waals surface area (Å²) < 4.78 is 0. The van der Waals surface area contributed by atoms with Gasteiger partial charge in [0, 0.05) is 24.9 Å². The summed E-state index contributed by atoms with van der Waals surface area (Å²) in [4.78, 5) is 4.23. The fraction of sp³-hybridized carbons (Fsp3) is 0.500. The molecule has 0 fully saturated rings. The van der Waals surface area contributed by atoms with Crippen molar-refractivity contribution in [2.75, 3.05) is 6.61 Å². The smallest absolute Gasteiger partial charge is 0.0486 e. The fourth-order valence-corrected chi connectivity index (χ4v) is 1.04. The fourth-order valence-electron chi connectivity index (χ4n) is 1.04. The quantitative estimate of drug-likeness (QED) is 0.740. The number of nitrogens with zero attached hydrogens (tertiary/aromatic N) is 1. The molecule has 0 spiro atoms. The van der Waals surface area contributed by atoms with Crippen LogP contribution in [0.4, 0.5) is 0 Å². The van der Waals surface area contributed by atoms with E-state index in [0.717, 1.165) is 5.69 Å². The largest absolute Gasteiger partial charge is 0.396 e. The van der Waals surface area contributed by atoms with E-state index in [9.17, 15) is 0 Å². The number of aliphatic hydroxyl groups excluding tert-OH is 1. The molecule has 1 aromatic rings. The molecule has 0 aliphatic heterocycles. The average Bonchev–Trinajstić information content (AvgIpc) is 2.06. The molecular weight excluding hydrogens is 150 g/mol. The van der Waals surface area contributed by atoms with E-state index in [-0.39, 0.29) is 6.61 Å². The standard InChI is InChI=1S/C10H15NO/c1-8(2)9-3-4-10(5-6-12)11-7-9/h3-4,7-8,12H,5-6H2,1-2H3. The monoisotopic (exact) mass is 165 g/mol. The predicted molar refractivity (Wildman–Crippen MR) is 49.1 cm³/mol. The summed E-state index contributed by atoms with van der Waals surface area (Å²) in [7, 11) is 0. The van der Waals surface area contributed by atoms with Crippen LogP contribution in [0.1, 0.15) is 31.0 Å². The summed E-state index contributed by atoms with van der Waals surface area (Å²) in [5.74, 6) is 0.528. The van der Waals surface area contributed by atoms with Crippen molar-refractivity contribution in [2.45, 2.75) is 26.2 Å². The SMILES string of the molecule is CC(C)c1ccc(CCO)nc1. The van der Waals surface area contributed by atoms with Gasteiger partial charge in [0.25, 0.3) is 0 Å². The van der Waals surface area contributed by atoms with Crippen LogP contribution in [-0.4, -0.2) is 16.7 Å². The van der Waals surface area contributed by atoms with Gasteiger partial charge in [-0.3, -0.25) is 4.98 Å². The molecule has 1 aromatic heterocycles. The van der Waals surface area contributed by atoms with Gasteiger partial charge in [-0.05, 0) is 17.5 Å². The molecule has 0 unspecified atom stereocenters. The van der Waals surface area contributed by atoms with E-state index in [1.165, 1.54) is 5.56 Å². The Morgan fingerprint density at radius 1 is 1.42 bits per heavy atom. The minimum atomic E-state index is 0.175. The Bertz CT molecular complexity index is 228. The Morgan fingerprint density at radius 2 is 2.17 bits per heavy atom. The number of aromatic nitrogens is 1. The van der Waals surface area contributed by atoms with Gasteiger partial charge >= 0.3 is 0 Å². The zero-order valence-electron chi connectivity index (χ0n) is 7.62. The number of hydrogen-bond acceptors (Lipinski definition) is 2. The molecule has 0 aromatic carbocycles. The predicted octanol–water partition coefficient (Wildman–Crippen LogP) is 1.74. The third-order valence-corrected chi connectivity index (χ3v) is 1.88. The Balaban J connectivity index is 2.71. The van der Waals surface area contributed by atoms with Gasteiger partial charge in [-0.25, -0.2) is 0 Å². The Labute approximate surface area is 73.3 Å². The molecule has 0 amide bonds. The summed E-state index contributed by atoms with van der Waals surface area (Å²) >= 11 is 0. The van der Waals surface area contributed by atoms with E-state index in [2.05, 4.69) is 24.9 Å². The maximum Gasteiger partial charge on any atom is 0.0486 e. The van der Waals surface area contributed by atoms with Crippen LogP contribution in [0.2, 0.25) is 0 Å². The van der Waals surface area contributed by atoms with Crippen molar-refractivity contribution in [2.24, 2.45) is 0 Å². The molecule has 0 aliphatic rings. The molecular formula is C10H15NO. The Kier molecular flexibility index (Phi) is 3.23. The lowest BCUT2D eigenvalue weighted by Gasteiger charge is -2.04. The second-order valence-corrected chi connectivity index (χ2v) is 3.21. The highest BCUT2D eigenvalue weighted by Gasteiger charge is 1.98. The van der Waals surface area contributed by atoms with E-state index in [1.54, 1.807) is 0 Å². The molecule has 0 atom stereocenters. The Morgan fingerprint density at radius 3 is 2.58 bits per heavy atom. The van der Waals surface area contributed by atoms with E-state index >= 15 is 0 Å². The van der Waals surface area contributed by atoms with Crippen LogP contribution in [0, 0.1) is 0 Å². The van der Waals surface area contributed by atoms with Gasteiger partial charge in [-0.1, -0.05) is 19.9 Å². The van der Waals surface area contributed by atoms with Crippen molar-refractivity contribution in [3.63, 3.8) is 0 Å². The lowest BCUT2D eigenvalue weighted by Crippen LogP contribution is -1.96. The van der Waals surface area contributed by atoms with Gasteiger partial charge in [-0.2, -0.15) is 0 Å². The summed E-state index contributed by atoms with van der Waals surface area (Å²) in [5, 5.41) is 8.66. The first-order valence-corrected chi connectivity index (χ1v) is 4.29. The first-order valence-electron chi connectivity index (χ1n) is 4.29. The van der Waals surface area contributed by atoms with Crippen molar-refractivity contribution in [3.8, 4) is 0 Å².